The van der Waals surface area contributed by atoms with Crippen LogP contribution in [0.4, 0.5) is 8.78 Å². The van der Waals surface area contributed by atoms with Gasteiger partial charge in [-0.3, -0.25) is 0 Å². The average Bonchev–Trinajstić information content (AvgIpc) is 2.94. The maximum absolute atomic E-state index is 14.2. The number of benzene rings is 2. The number of methoxy groups -OCH3 is 1. The lowest BCUT2D eigenvalue weighted by molar-refractivity contribution is -0.133. The molecule has 0 amide bonds. The van der Waals surface area contributed by atoms with Gasteiger partial charge in [0.1, 0.15) is 24.0 Å². The number of carbonyl (C=O) groups is 1. The first-order chi connectivity index (χ1) is 12.6. The van der Waals surface area contributed by atoms with Crippen LogP contribution in [0.2, 0.25) is 5.02 Å². The van der Waals surface area contributed by atoms with Crippen LogP contribution in [0, 0.1) is 11.6 Å². The molecule has 0 fully saturated rings. The molecule has 0 atom stereocenters. The molecule has 0 unspecified atom stereocenters. The van der Waals surface area contributed by atoms with Gasteiger partial charge in [0, 0.05) is 5.57 Å². The Labute approximate surface area is 158 Å². The molecule has 2 aromatic carbocycles. The van der Waals surface area contributed by atoms with E-state index in [1.807, 2.05) is 0 Å². The van der Waals surface area contributed by atoms with Gasteiger partial charge in [0.2, 0.25) is 10.0 Å². The van der Waals surface area contributed by atoms with E-state index >= 15 is 0 Å². The molecule has 10 heteroatoms. The van der Waals surface area contributed by atoms with Crippen molar-refractivity contribution >= 4 is 38.7 Å². The number of ether oxygens (including phenoxy) is 2. The average molecular weight is 416 g/mol. The highest BCUT2D eigenvalue weighted by atomic mass is 35.5. The van der Waals surface area contributed by atoms with Gasteiger partial charge in [0.25, 0.3) is 0 Å². The van der Waals surface area contributed by atoms with Crippen molar-refractivity contribution in [2.45, 2.75) is 4.90 Å². The third kappa shape index (κ3) is 3.53. The number of sulfonamides is 1. The highest BCUT2D eigenvalue weighted by Gasteiger charge is 2.30. The van der Waals surface area contributed by atoms with E-state index in [9.17, 15) is 22.0 Å². The first-order valence-corrected chi connectivity index (χ1v) is 9.32. The molecule has 0 radical (unpaired) electrons. The summed E-state index contributed by atoms with van der Waals surface area (Å²) in [6.07, 6.45) is 0. The number of esters is 1. The zero-order valence-electron chi connectivity index (χ0n) is 13.8. The Kier molecular flexibility index (Phi) is 4.94. The van der Waals surface area contributed by atoms with E-state index in [2.05, 4.69) is 0 Å². The monoisotopic (exact) mass is 415 g/mol. The minimum absolute atomic E-state index is 0.0507. The van der Waals surface area contributed by atoms with Crippen LogP contribution in [0.1, 0.15) is 11.1 Å². The summed E-state index contributed by atoms with van der Waals surface area (Å²) in [4.78, 5) is 10.9. The van der Waals surface area contributed by atoms with Gasteiger partial charge in [0.15, 0.2) is 4.90 Å². The molecule has 0 aliphatic carbocycles. The molecule has 142 valence electrons. The number of hydrogen-bond donors (Lipinski definition) is 1. The Morgan fingerprint density at radius 3 is 2.30 bits per heavy atom. The van der Waals surface area contributed by atoms with E-state index in [-0.39, 0.29) is 28.3 Å². The van der Waals surface area contributed by atoms with Crippen LogP contribution in [-0.2, 0) is 19.6 Å². The lowest BCUT2D eigenvalue weighted by Crippen LogP contribution is -2.16. The molecule has 2 N–H and O–H groups in total. The Morgan fingerprint density at radius 1 is 1.15 bits per heavy atom. The Bertz CT molecular complexity index is 1080. The minimum Gasteiger partial charge on any atom is -0.495 e. The summed E-state index contributed by atoms with van der Waals surface area (Å²) >= 11 is 6.07. The molecule has 0 spiro atoms. The molecule has 27 heavy (non-hydrogen) atoms. The molecule has 3 rings (SSSR count). The summed E-state index contributed by atoms with van der Waals surface area (Å²) in [6.45, 7) is -0.245. The van der Waals surface area contributed by atoms with Gasteiger partial charge in [-0.25, -0.2) is 27.1 Å². The Morgan fingerprint density at radius 2 is 1.78 bits per heavy atom. The molecular formula is C17H12ClF2NO5S. The van der Waals surface area contributed by atoms with Crippen molar-refractivity contribution in [1.29, 1.82) is 0 Å². The van der Waals surface area contributed by atoms with Crippen molar-refractivity contribution in [3.05, 3.63) is 58.1 Å². The molecule has 0 saturated heterocycles. The van der Waals surface area contributed by atoms with Crippen molar-refractivity contribution in [3.8, 4) is 5.75 Å². The van der Waals surface area contributed by atoms with Crippen molar-refractivity contribution in [1.82, 2.24) is 0 Å². The quantitative estimate of drug-likeness (QED) is 0.774. The number of carbonyl (C=O) groups excluding carboxylic acids is 1. The summed E-state index contributed by atoms with van der Waals surface area (Å²) in [5.41, 5.74) is 0.543. The second kappa shape index (κ2) is 6.91. The fourth-order valence-corrected chi connectivity index (χ4v) is 3.67. The fourth-order valence-electron chi connectivity index (χ4n) is 2.75. The fraction of sp³-hybridized carbons (Fsp3) is 0.118. The number of primary sulfonamides is 1. The van der Waals surface area contributed by atoms with Gasteiger partial charge in [-0.2, -0.15) is 0 Å². The maximum atomic E-state index is 14.2. The van der Waals surface area contributed by atoms with Crippen LogP contribution < -0.4 is 9.88 Å². The van der Waals surface area contributed by atoms with E-state index < -0.39 is 32.5 Å². The predicted molar refractivity (Wildman–Crippen MR) is 93.5 cm³/mol. The van der Waals surface area contributed by atoms with Gasteiger partial charge >= 0.3 is 5.97 Å². The van der Waals surface area contributed by atoms with E-state index in [1.165, 1.54) is 25.3 Å². The Hall–Kier alpha value is -2.49. The molecule has 1 aliphatic rings. The molecule has 6 nitrogen and oxygen atoms in total. The van der Waals surface area contributed by atoms with Crippen molar-refractivity contribution < 1.29 is 31.5 Å². The summed E-state index contributed by atoms with van der Waals surface area (Å²) < 4.78 is 61.0. The standard InChI is InChI=1S/C17H12ClF2NO5S/c1-25-14-3-2-8(4-11(14)18)15-10(7-26-17(15)22)9-5-12(19)16(13(20)6-9)27(21,23)24/h2-6H,7H2,1H3,(H2,21,23,24). The van der Waals surface area contributed by atoms with Crippen LogP contribution in [-0.4, -0.2) is 28.1 Å². The zero-order valence-corrected chi connectivity index (χ0v) is 15.3. The maximum Gasteiger partial charge on any atom is 0.339 e. The normalized spacial score (nSPS) is 14.5. The molecule has 0 saturated carbocycles. The van der Waals surface area contributed by atoms with Crippen molar-refractivity contribution in [3.63, 3.8) is 0 Å². The second-order valence-electron chi connectivity index (χ2n) is 5.59. The predicted octanol–water partition coefficient (Wildman–Crippen LogP) is 2.74. The second-order valence-corrected chi connectivity index (χ2v) is 7.50. The first-order valence-electron chi connectivity index (χ1n) is 7.40. The van der Waals surface area contributed by atoms with Crippen LogP contribution in [0.15, 0.2) is 35.2 Å². The number of rotatable bonds is 4. The molecule has 0 aromatic heterocycles. The van der Waals surface area contributed by atoms with Crippen LogP contribution >= 0.6 is 11.6 Å². The molecule has 1 heterocycles. The number of hydrogen-bond acceptors (Lipinski definition) is 5. The van der Waals surface area contributed by atoms with Gasteiger partial charge in [-0.15, -0.1) is 0 Å². The first kappa shape index (κ1) is 19.3. The van der Waals surface area contributed by atoms with Crippen LogP contribution in [0.5, 0.6) is 5.75 Å². The van der Waals surface area contributed by atoms with Gasteiger partial charge in [0.05, 0.1) is 17.7 Å². The summed E-state index contributed by atoms with van der Waals surface area (Å²) in [6, 6.07) is 6.08. The highest BCUT2D eigenvalue weighted by molar-refractivity contribution is 7.89. The zero-order chi connectivity index (χ0) is 19.9. The lowest BCUT2D eigenvalue weighted by Gasteiger charge is -2.09. The smallest absolute Gasteiger partial charge is 0.339 e. The lowest BCUT2D eigenvalue weighted by atomic mass is 9.96. The van der Waals surface area contributed by atoms with Gasteiger partial charge < -0.3 is 9.47 Å². The van der Waals surface area contributed by atoms with E-state index in [4.69, 9.17) is 26.2 Å². The van der Waals surface area contributed by atoms with Gasteiger partial charge in [-0.05, 0) is 35.4 Å². The summed E-state index contributed by atoms with van der Waals surface area (Å²) in [5, 5.41) is 5.05. The van der Waals surface area contributed by atoms with E-state index in [0.29, 0.717) is 11.3 Å². The van der Waals surface area contributed by atoms with Crippen LogP contribution in [0.25, 0.3) is 11.1 Å². The molecule has 2 aromatic rings. The third-order valence-corrected chi connectivity index (χ3v) is 5.18. The largest absolute Gasteiger partial charge is 0.495 e. The highest BCUT2D eigenvalue weighted by Crippen LogP contribution is 2.37. The Balaban J connectivity index is 2.20. The number of halogens is 3. The van der Waals surface area contributed by atoms with Crippen molar-refractivity contribution in [2.75, 3.05) is 13.7 Å². The third-order valence-electron chi connectivity index (χ3n) is 3.93. The summed E-state index contributed by atoms with van der Waals surface area (Å²) in [5.74, 6) is -3.07. The molecule has 1 aliphatic heterocycles. The number of cyclic esters (lactones) is 1. The van der Waals surface area contributed by atoms with E-state index in [1.54, 1.807) is 0 Å². The topological polar surface area (TPSA) is 95.7 Å². The molecular weight excluding hydrogens is 404 g/mol. The van der Waals surface area contributed by atoms with Crippen LogP contribution in [0.3, 0.4) is 0 Å². The summed E-state index contributed by atoms with van der Waals surface area (Å²) in [7, 11) is -3.17. The van der Waals surface area contributed by atoms with Gasteiger partial charge in [-0.1, -0.05) is 17.7 Å². The SMILES string of the molecule is COc1ccc(C2=C(c3cc(F)c(S(N)(=O)=O)c(F)c3)COC2=O)cc1Cl. The minimum atomic E-state index is -4.59. The molecule has 0 bridgehead atoms. The van der Waals surface area contributed by atoms with Crippen molar-refractivity contribution in [2.24, 2.45) is 5.14 Å². The van der Waals surface area contributed by atoms with E-state index in [0.717, 1.165) is 12.1 Å². The number of nitrogens with two attached hydrogens (primary N) is 1.